The monoisotopic (exact) mass is 340 g/mol. The summed E-state index contributed by atoms with van der Waals surface area (Å²) in [4.78, 5) is 16.4. The lowest BCUT2D eigenvalue weighted by molar-refractivity contribution is -0.128. The predicted molar refractivity (Wildman–Crippen MR) is 88.7 cm³/mol. The van der Waals surface area contributed by atoms with Gasteiger partial charge in [-0.15, -0.1) is 22.9 Å². The predicted octanol–water partition coefficient (Wildman–Crippen LogP) is 3.87. The van der Waals surface area contributed by atoms with Crippen LogP contribution in [0.1, 0.15) is 19.5 Å². The van der Waals surface area contributed by atoms with Gasteiger partial charge in [0.05, 0.1) is 11.1 Å². The second-order valence-electron chi connectivity index (χ2n) is 5.67. The number of nitrogens with one attached hydrogen (secondary N) is 1. The minimum absolute atomic E-state index is 0.0588. The molecule has 22 heavy (non-hydrogen) atoms. The van der Waals surface area contributed by atoms with Gasteiger partial charge in [0.25, 0.3) is 0 Å². The molecule has 0 fully saturated rings. The highest BCUT2D eigenvalue weighted by atomic mass is 35.5. The summed E-state index contributed by atoms with van der Waals surface area (Å²) >= 11 is 7.28. The minimum Gasteiger partial charge on any atom is -0.355 e. The number of alkyl halides is 1. The second-order valence-corrected chi connectivity index (χ2v) is 6.80. The molecule has 0 aliphatic carbocycles. The molecule has 0 bridgehead atoms. The van der Waals surface area contributed by atoms with E-state index < -0.39 is 5.41 Å². The molecule has 3 nitrogen and oxygen atoms in total. The van der Waals surface area contributed by atoms with Crippen LogP contribution >= 0.6 is 22.9 Å². The van der Waals surface area contributed by atoms with Gasteiger partial charge in [-0.3, -0.25) is 4.79 Å². The Morgan fingerprint density at radius 3 is 2.68 bits per heavy atom. The van der Waals surface area contributed by atoms with E-state index in [0.29, 0.717) is 13.0 Å². The molecule has 1 amide bonds. The molecule has 1 N–H and O–H groups in total. The molecule has 0 spiro atoms. The highest BCUT2D eigenvalue weighted by Crippen LogP contribution is 2.24. The number of hydrogen-bond acceptors (Lipinski definition) is 3. The van der Waals surface area contributed by atoms with E-state index in [2.05, 4.69) is 10.3 Å². The molecule has 0 saturated heterocycles. The van der Waals surface area contributed by atoms with E-state index in [1.54, 1.807) is 12.1 Å². The zero-order chi connectivity index (χ0) is 16.2. The molecule has 0 unspecified atom stereocenters. The van der Waals surface area contributed by atoms with Crippen molar-refractivity contribution >= 4 is 28.8 Å². The Kier molecular flexibility index (Phi) is 5.53. The maximum Gasteiger partial charge on any atom is 0.226 e. The van der Waals surface area contributed by atoms with E-state index in [9.17, 15) is 9.18 Å². The standard InChI is InChI=1S/C16H18ClFN2OS/c1-16(2,10-17)15(21)19-8-7-13-9-22-14(20-13)11-3-5-12(18)6-4-11/h3-6,9H,7-8,10H2,1-2H3,(H,19,21). The van der Waals surface area contributed by atoms with Gasteiger partial charge in [0.15, 0.2) is 0 Å². The van der Waals surface area contributed by atoms with E-state index in [1.165, 1.54) is 23.5 Å². The highest BCUT2D eigenvalue weighted by Gasteiger charge is 2.25. The molecule has 2 rings (SSSR count). The van der Waals surface area contributed by atoms with Gasteiger partial charge in [-0.2, -0.15) is 0 Å². The Balaban J connectivity index is 1.90. The van der Waals surface area contributed by atoms with Crippen LogP contribution in [0.3, 0.4) is 0 Å². The Morgan fingerprint density at radius 1 is 1.36 bits per heavy atom. The summed E-state index contributed by atoms with van der Waals surface area (Å²) < 4.78 is 12.9. The number of rotatable bonds is 6. The van der Waals surface area contributed by atoms with E-state index >= 15 is 0 Å². The van der Waals surface area contributed by atoms with Gasteiger partial charge < -0.3 is 5.32 Å². The number of amides is 1. The molecule has 1 heterocycles. The zero-order valence-corrected chi connectivity index (χ0v) is 14.1. The lowest BCUT2D eigenvalue weighted by atomic mass is 9.95. The van der Waals surface area contributed by atoms with Crippen LogP contribution < -0.4 is 5.32 Å². The molecule has 0 saturated carbocycles. The smallest absolute Gasteiger partial charge is 0.226 e. The summed E-state index contributed by atoms with van der Waals surface area (Å²) in [6.45, 7) is 4.14. The number of halogens is 2. The fourth-order valence-electron chi connectivity index (χ4n) is 1.75. The first-order valence-corrected chi connectivity index (χ1v) is 8.38. The third-order valence-electron chi connectivity index (χ3n) is 3.26. The topological polar surface area (TPSA) is 42.0 Å². The summed E-state index contributed by atoms with van der Waals surface area (Å²) in [5, 5.41) is 5.68. The summed E-state index contributed by atoms with van der Waals surface area (Å²) in [6.07, 6.45) is 0.655. The number of thiazole rings is 1. The lowest BCUT2D eigenvalue weighted by Crippen LogP contribution is -2.39. The van der Waals surface area contributed by atoms with Gasteiger partial charge in [-0.05, 0) is 38.1 Å². The van der Waals surface area contributed by atoms with Crippen molar-refractivity contribution in [3.05, 3.63) is 41.2 Å². The molecule has 0 radical (unpaired) electrons. The van der Waals surface area contributed by atoms with Crippen LogP contribution in [-0.4, -0.2) is 23.3 Å². The summed E-state index contributed by atoms with van der Waals surface area (Å²) in [7, 11) is 0. The van der Waals surface area contributed by atoms with Crippen LogP contribution in [0.2, 0.25) is 0 Å². The third-order valence-corrected chi connectivity index (χ3v) is 4.87. The van der Waals surface area contributed by atoms with Gasteiger partial charge in [0.2, 0.25) is 5.91 Å². The molecule has 0 aliphatic heterocycles. The minimum atomic E-state index is -0.567. The lowest BCUT2D eigenvalue weighted by Gasteiger charge is -2.20. The normalized spacial score (nSPS) is 11.5. The first-order chi connectivity index (χ1) is 10.4. The van der Waals surface area contributed by atoms with Gasteiger partial charge in [0, 0.05) is 29.8 Å². The van der Waals surface area contributed by atoms with Crippen molar-refractivity contribution in [2.24, 2.45) is 5.41 Å². The van der Waals surface area contributed by atoms with Crippen molar-refractivity contribution in [1.82, 2.24) is 10.3 Å². The Labute approximate surface area is 138 Å². The fourth-order valence-corrected chi connectivity index (χ4v) is 2.73. The fraction of sp³-hybridized carbons (Fsp3) is 0.375. The van der Waals surface area contributed by atoms with E-state index in [-0.39, 0.29) is 17.6 Å². The summed E-state index contributed by atoms with van der Waals surface area (Å²) in [5.41, 5.74) is 1.24. The molecule has 2 aromatic rings. The van der Waals surface area contributed by atoms with Crippen molar-refractivity contribution in [1.29, 1.82) is 0 Å². The number of nitrogens with zero attached hydrogens (tertiary/aromatic N) is 1. The van der Waals surface area contributed by atoms with Crippen LogP contribution in [-0.2, 0) is 11.2 Å². The Morgan fingerprint density at radius 2 is 2.05 bits per heavy atom. The molecule has 1 aromatic carbocycles. The van der Waals surface area contributed by atoms with Crippen molar-refractivity contribution in [2.75, 3.05) is 12.4 Å². The number of benzene rings is 1. The Bertz CT molecular complexity index is 640. The molecule has 1 aromatic heterocycles. The maximum absolute atomic E-state index is 12.9. The first kappa shape index (κ1) is 16.9. The number of aromatic nitrogens is 1. The molecular weight excluding hydrogens is 323 g/mol. The first-order valence-electron chi connectivity index (χ1n) is 6.97. The van der Waals surface area contributed by atoms with Crippen molar-refractivity contribution < 1.29 is 9.18 Å². The highest BCUT2D eigenvalue weighted by molar-refractivity contribution is 7.13. The van der Waals surface area contributed by atoms with Crippen molar-refractivity contribution in [3.63, 3.8) is 0 Å². The molecule has 0 aliphatic rings. The van der Waals surface area contributed by atoms with Crippen LogP contribution in [0.5, 0.6) is 0 Å². The van der Waals surface area contributed by atoms with Crippen molar-refractivity contribution in [3.8, 4) is 10.6 Å². The van der Waals surface area contributed by atoms with Crippen LogP contribution in [0.15, 0.2) is 29.6 Å². The maximum atomic E-state index is 12.9. The molecule has 6 heteroatoms. The van der Waals surface area contributed by atoms with Crippen LogP contribution in [0, 0.1) is 11.2 Å². The van der Waals surface area contributed by atoms with Crippen molar-refractivity contribution in [2.45, 2.75) is 20.3 Å². The van der Waals surface area contributed by atoms with Crippen LogP contribution in [0.25, 0.3) is 10.6 Å². The summed E-state index contributed by atoms with van der Waals surface area (Å²) in [5.74, 6) is -0.0359. The van der Waals surface area contributed by atoms with E-state index in [4.69, 9.17) is 11.6 Å². The van der Waals surface area contributed by atoms with Gasteiger partial charge in [0.1, 0.15) is 10.8 Å². The SMILES string of the molecule is CC(C)(CCl)C(=O)NCCc1csc(-c2ccc(F)cc2)n1. The molecular formula is C16H18ClFN2OS. The second kappa shape index (κ2) is 7.20. The largest absolute Gasteiger partial charge is 0.355 e. The zero-order valence-electron chi connectivity index (χ0n) is 12.5. The average Bonchev–Trinajstić information content (AvgIpc) is 2.96. The summed E-state index contributed by atoms with van der Waals surface area (Å²) in [6, 6.07) is 6.27. The van der Waals surface area contributed by atoms with Gasteiger partial charge >= 0.3 is 0 Å². The Hall–Kier alpha value is -1.46. The van der Waals surface area contributed by atoms with Gasteiger partial charge in [-0.25, -0.2) is 9.37 Å². The van der Waals surface area contributed by atoms with E-state index in [1.807, 2.05) is 19.2 Å². The van der Waals surface area contributed by atoms with Gasteiger partial charge in [-0.1, -0.05) is 0 Å². The quantitative estimate of drug-likeness (QED) is 0.811. The average molecular weight is 341 g/mol. The molecule has 118 valence electrons. The number of carbonyl (C=O) groups is 1. The number of carbonyl (C=O) groups excluding carboxylic acids is 1. The van der Waals surface area contributed by atoms with E-state index in [0.717, 1.165) is 16.3 Å². The molecule has 0 atom stereocenters. The third kappa shape index (κ3) is 4.27. The number of hydrogen-bond donors (Lipinski definition) is 1. The van der Waals surface area contributed by atoms with Crippen LogP contribution in [0.4, 0.5) is 4.39 Å².